The maximum atomic E-state index is 10.2. The molecule has 0 radical (unpaired) electrons. The van der Waals surface area contributed by atoms with Crippen LogP contribution in [0.3, 0.4) is 0 Å². The Labute approximate surface area is 177 Å². The van der Waals surface area contributed by atoms with E-state index in [1.807, 2.05) is 13.8 Å². The summed E-state index contributed by atoms with van der Waals surface area (Å²) < 4.78 is 0. The first-order valence-corrected chi connectivity index (χ1v) is 8.75. The number of ketones is 2. The zero-order chi connectivity index (χ0) is 21.4. The second kappa shape index (κ2) is 32.6. The average Bonchev–Trinajstić information content (AvgIpc) is 2.56. The maximum Gasteiger partial charge on any atom is 4.00 e. The number of carboxylic acids is 2. The van der Waals surface area contributed by atoms with Crippen LogP contribution in [0.1, 0.15) is 79.1 Å². The van der Waals surface area contributed by atoms with Crippen molar-refractivity contribution in [2.75, 3.05) is 13.2 Å². The van der Waals surface area contributed by atoms with E-state index < -0.39 is 24.8 Å². The second-order valence-electron chi connectivity index (χ2n) is 5.00. The Morgan fingerprint density at radius 1 is 0.630 bits per heavy atom. The van der Waals surface area contributed by atoms with Gasteiger partial charge in [-0.2, -0.15) is 0 Å². The summed E-state index contributed by atoms with van der Waals surface area (Å²) in [5.41, 5.74) is 0. The van der Waals surface area contributed by atoms with E-state index in [2.05, 4.69) is 0 Å². The fourth-order valence-corrected chi connectivity index (χ4v) is 0.861. The van der Waals surface area contributed by atoms with Gasteiger partial charge in [0.15, 0.2) is 0 Å². The second-order valence-corrected chi connectivity index (χ2v) is 5.00. The van der Waals surface area contributed by atoms with Crippen molar-refractivity contribution in [3.8, 4) is 0 Å². The first-order chi connectivity index (χ1) is 12.2. The zero-order valence-corrected chi connectivity index (χ0v) is 18.4. The Balaban J connectivity index is -0.0000000807. The first kappa shape index (κ1) is 36.8. The first-order valence-electron chi connectivity index (χ1n) is 8.75. The molecule has 27 heavy (non-hydrogen) atoms. The fourth-order valence-electron chi connectivity index (χ4n) is 0.861. The Morgan fingerprint density at radius 2 is 0.889 bits per heavy atom. The average molecular weight is 424 g/mol. The van der Waals surface area contributed by atoms with Crippen LogP contribution in [-0.4, -0.2) is 36.7 Å². The van der Waals surface area contributed by atoms with Crippen LogP contribution in [0, 0.1) is 0 Å². The van der Waals surface area contributed by atoms with Crippen molar-refractivity contribution in [1.82, 2.24) is 0 Å². The zero-order valence-electron chi connectivity index (χ0n) is 16.8. The minimum Gasteiger partial charge on any atom is -0.854 e. The smallest absolute Gasteiger partial charge is 0.854 e. The molecular weight excluding hydrogens is 392 g/mol. The summed E-state index contributed by atoms with van der Waals surface area (Å²) >= 11 is 0. The molecule has 0 saturated carbocycles. The van der Waals surface area contributed by atoms with Gasteiger partial charge in [-0.25, -0.2) is 0 Å². The number of rotatable bonds is 10. The molecule has 0 spiro atoms. The molecule has 0 unspecified atom stereocenters. The van der Waals surface area contributed by atoms with Crippen molar-refractivity contribution in [2.24, 2.45) is 0 Å². The monoisotopic (exact) mass is 424 g/mol. The van der Waals surface area contributed by atoms with Gasteiger partial charge in [-0.3, -0.25) is 9.59 Å². The molecule has 0 aromatic heterocycles. The summed E-state index contributed by atoms with van der Waals surface area (Å²) in [4.78, 5) is 39.7. The quantitative estimate of drug-likeness (QED) is 0.302. The van der Waals surface area contributed by atoms with Crippen LogP contribution in [0.2, 0.25) is 0 Å². The van der Waals surface area contributed by atoms with E-state index in [9.17, 15) is 39.6 Å². The molecule has 0 saturated heterocycles. The molecule has 156 valence electrons. The van der Waals surface area contributed by atoms with Crippen LogP contribution in [0.4, 0.5) is 0 Å². The molecule has 0 aliphatic heterocycles. The van der Waals surface area contributed by atoms with E-state index in [0.29, 0.717) is 0 Å². The number of hydrogen-bond acceptors (Lipinski definition) is 8. The molecule has 9 heteroatoms. The van der Waals surface area contributed by atoms with E-state index in [-0.39, 0.29) is 59.3 Å². The maximum absolute atomic E-state index is 10.2. The summed E-state index contributed by atoms with van der Waals surface area (Å²) in [6, 6.07) is 0. The topological polar surface area (TPSA) is 161 Å². The number of hydrogen-bond donors (Lipinski definition) is 0. The summed E-state index contributed by atoms with van der Waals surface area (Å²) in [6.45, 7) is 7.44. The molecule has 0 aliphatic rings. The van der Waals surface area contributed by atoms with Gasteiger partial charge in [0, 0.05) is 37.6 Å². The third-order valence-corrected chi connectivity index (χ3v) is 2.47. The Hall–Kier alpha value is -1.09. The van der Waals surface area contributed by atoms with Crippen LogP contribution < -0.4 is 20.4 Å². The van der Waals surface area contributed by atoms with E-state index in [0.717, 1.165) is 25.7 Å². The molecule has 0 rings (SSSR count). The van der Waals surface area contributed by atoms with Gasteiger partial charge in [-0.05, 0) is 0 Å². The molecule has 0 aromatic rings. The third kappa shape index (κ3) is 58.8. The number of aliphatic carboxylic acids is 2. The van der Waals surface area contributed by atoms with Crippen LogP contribution in [0.25, 0.3) is 0 Å². The number of unbranched alkanes of at least 4 members (excludes halogenated alkanes) is 2. The van der Waals surface area contributed by atoms with Crippen molar-refractivity contribution in [3.05, 3.63) is 0 Å². The number of carbonyl (C=O) groups is 4. The molecule has 0 atom stereocenters. The van der Waals surface area contributed by atoms with Gasteiger partial charge in [0.25, 0.3) is 0 Å². The molecule has 0 bridgehead atoms. The summed E-state index contributed by atoms with van der Waals surface area (Å²) in [7, 11) is 0. The molecule has 0 N–H and O–H groups in total. The molecule has 0 heterocycles. The SMILES string of the molecule is CCC(=O)CC(=O)[O-].CCC(=O)CC(=O)[O-].CCCC[O-].CCCC[O-].[Ti+4]. The normalized spacial score (nSPS) is 8.22. The number of Topliss-reactive ketones (excluding diaryl/α,β-unsaturated/α-hetero) is 2. The van der Waals surface area contributed by atoms with Gasteiger partial charge in [0.2, 0.25) is 0 Å². The minimum atomic E-state index is -1.29. The number of carbonyl (C=O) groups excluding carboxylic acids is 4. The van der Waals surface area contributed by atoms with Gasteiger partial charge in [-0.15, -0.1) is 13.2 Å². The minimum absolute atomic E-state index is 0. The Bertz CT molecular complexity index is 321. The number of carboxylic acid groups (broad SMARTS) is 2. The van der Waals surface area contributed by atoms with Crippen molar-refractivity contribution in [2.45, 2.75) is 79.1 Å². The molecule has 0 aliphatic carbocycles. The van der Waals surface area contributed by atoms with Gasteiger partial charge in [0.1, 0.15) is 11.6 Å². The summed E-state index contributed by atoms with van der Waals surface area (Å²) in [5, 5.41) is 38.3. The van der Waals surface area contributed by atoms with Crippen LogP contribution in [0.5, 0.6) is 0 Å². The van der Waals surface area contributed by atoms with Gasteiger partial charge >= 0.3 is 21.7 Å². The summed E-state index contributed by atoms with van der Waals surface area (Å²) in [6.07, 6.45) is 3.38. The van der Waals surface area contributed by atoms with Crippen LogP contribution >= 0.6 is 0 Å². The van der Waals surface area contributed by atoms with Crippen molar-refractivity contribution in [1.29, 1.82) is 0 Å². The van der Waals surface area contributed by atoms with Crippen LogP contribution in [-0.2, 0) is 40.9 Å². The van der Waals surface area contributed by atoms with E-state index >= 15 is 0 Å². The van der Waals surface area contributed by atoms with Crippen molar-refractivity contribution >= 4 is 23.5 Å². The van der Waals surface area contributed by atoms with Crippen molar-refractivity contribution < 1.29 is 61.3 Å². The summed E-state index contributed by atoms with van der Waals surface area (Å²) in [5.74, 6) is -3.16. The Kier molecular flexibility index (Phi) is 44.4. The molecular formula is C18H32O8Ti. The van der Waals surface area contributed by atoms with E-state index in [1.165, 1.54) is 0 Å². The molecule has 0 fully saturated rings. The van der Waals surface area contributed by atoms with E-state index in [4.69, 9.17) is 0 Å². The largest absolute Gasteiger partial charge is 4.00 e. The molecule has 0 amide bonds. The fraction of sp³-hybridized carbons (Fsp3) is 0.778. The third-order valence-electron chi connectivity index (χ3n) is 2.47. The standard InChI is InChI=1S/2C5H8O3.2C4H9O.Ti/c2*1-2-4(6)3-5(7)8;2*1-2-3-4-5;/h2*2-3H2,1H3,(H,7,8);2*2-4H2,1H3;/q;;2*-1;+4/p-2. The van der Waals surface area contributed by atoms with Crippen LogP contribution in [0.15, 0.2) is 0 Å². The molecule has 0 aromatic carbocycles. The predicted molar refractivity (Wildman–Crippen MR) is 89.4 cm³/mol. The van der Waals surface area contributed by atoms with Gasteiger partial charge in [0.05, 0.1) is 0 Å². The van der Waals surface area contributed by atoms with Gasteiger partial charge < -0.3 is 30.0 Å². The van der Waals surface area contributed by atoms with Gasteiger partial charge in [-0.1, -0.05) is 53.4 Å². The van der Waals surface area contributed by atoms with E-state index in [1.54, 1.807) is 13.8 Å². The predicted octanol–water partition coefficient (Wildman–Crippen LogP) is -1.50. The Morgan fingerprint density at radius 3 is 0.926 bits per heavy atom. The van der Waals surface area contributed by atoms with Crippen molar-refractivity contribution in [3.63, 3.8) is 0 Å². The molecule has 8 nitrogen and oxygen atoms in total.